The van der Waals surface area contributed by atoms with Crippen LogP contribution in [0.25, 0.3) is 0 Å². The van der Waals surface area contributed by atoms with E-state index >= 15 is 0 Å². The molecule has 95 heavy (non-hydrogen) atoms. The highest BCUT2D eigenvalue weighted by molar-refractivity contribution is 5.94. The first-order chi connectivity index (χ1) is 46.6. The molecule has 0 saturated heterocycles. The number of fused-ring (bicyclic) bond motifs is 2. The summed E-state index contributed by atoms with van der Waals surface area (Å²) in [5.41, 5.74) is 12.9. The Labute approximate surface area is 564 Å². The van der Waals surface area contributed by atoms with Gasteiger partial charge in [0.05, 0.1) is 64.0 Å². The number of rotatable bonds is 32. The number of unbranched alkanes of at least 4 members (excludes halogenated alkanes) is 4. The average molecular weight is 1280 g/mol. The Bertz CT molecular complexity index is 3570. The van der Waals surface area contributed by atoms with Crippen molar-refractivity contribution < 1.29 is 38.1 Å². The minimum atomic E-state index is -0.416. The summed E-state index contributed by atoms with van der Waals surface area (Å²) in [4.78, 5) is 35.5. The standard InChI is InChI=1S/C83H98N4O8/c1-5-79(88)94-47-14-8-7-13-45-92-74-41-31-62(32-42-74)50-70-35-29-66(49-59(70)3)57-86-84-55-64-25-21-60(22-26-64)52-72-39-37-68-17-9-11-19-76(68)81(72)82-73(40-38-69-18-10-12-20-77(69)82)53-61-23-27-65(28-24-61)56-85-87-58-67-30-36-71(78(54-67)83(90)91-4)51-63-33-43-75(44-34-63)93-46-15-16-48-95-80(89)6-2/h5-6,21-36,41-44,49,54-58,68-69,72-73,76-77,81-82H,1-2,7-20,37-40,45-48,50-53H2,3-4H3/b84-55+,85-56+,86-57+,87-58+. The summed E-state index contributed by atoms with van der Waals surface area (Å²) in [5, 5.41) is 17.9. The molecule has 4 saturated carbocycles. The molecular formula is C83H98N4O8. The van der Waals surface area contributed by atoms with Gasteiger partial charge in [-0.15, -0.1) is 0 Å². The van der Waals surface area contributed by atoms with Gasteiger partial charge < -0.3 is 23.7 Å². The van der Waals surface area contributed by atoms with Crippen LogP contribution in [0.4, 0.5) is 0 Å². The second-order valence-corrected chi connectivity index (χ2v) is 26.9. The Morgan fingerprint density at radius 2 is 0.842 bits per heavy atom. The zero-order valence-corrected chi connectivity index (χ0v) is 56.1. The number of nitrogens with zero attached hydrogens (tertiary/aromatic N) is 4. The fraction of sp³-hybridized carbons (Fsp3) is 0.434. The lowest BCUT2D eigenvalue weighted by molar-refractivity contribution is -0.138. The topological polar surface area (TPSA) is 147 Å². The highest BCUT2D eigenvalue weighted by Crippen LogP contribution is 2.59. The zero-order chi connectivity index (χ0) is 66.0. The number of aryl methyl sites for hydroxylation is 1. The Balaban J connectivity index is 0.720. The van der Waals surface area contributed by atoms with Gasteiger partial charge in [0.2, 0.25) is 0 Å². The van der Waals surface area contributed by atoms with Gasteiger partial charge in [0.15, 0.2) is 0 Å². The first kappa shape index (κ1) is 69.3. The second-order valence-electron chi connectivity index (χ2n) is 26.9. The summed E-state index contributed by atoms with van der Waals surface area (Å²) in [6.45, 7) is 11.0. The van der Waals surface area contributed by atoms with E-state index in [9.17, 15) is 14.4 Å². The smallest absolute Gasteiger partial charge is 0.338 e. The molecule has 4 aliphatic carbocycles. The number of hydrogen-bond donors (Lipinski definition) is 0. The van der Waals surface area contributed by atoms with E-state index in [4.69, 9.17) is 23.7 Å². The average Bonchev–Trinajstić information content (AvgIpc) is 0.756. The van der Waals surface area contributed by atoms with E-state index in [1.54, 1.807) is 6.21 Å². The van der Waals surface area contributed by atoms with E-state index in [-0.39, 0.29) is 5.97 Å². The van der Waals surface area contributed by atoms with Crippen LogP contribution in [0.2, 0.25) is 0 Å². The molecule has 0 heterocycles. The van der Waals surface area contributed by atoms with Gasteiger partial charge >= 0.3 is 17.9 Å². The minimum absolute atomic E-state index is 0.338. The summed E-state index contributed by atoms with van der Waals surface area (Å²) in [6.07, 6.45) is 35.2. The number of ether oxygens (including phenoxy) is 5. The van der Waals surface area contributed by atoms with E-state index in [0.717, 1.165) is 138 Å². The predicted molar refractivity (Wildman–Crippen MR) is 382 cm³/mol. The van der Waals surface area contributed by atoms with Crippen LogP contribution in [0.3, 0.4) is 0 Å². The van der Waals surface area contributed by atoms with Crippen LogP contribution in [0.15, 0.2) is 179 Å². The fourth-order valence-electron chi connectivity index (χ4n) is 15.9. The molecule has 4 aliphatic rings. The molecule has 12 heteroatoms. The molecule has 12 nitrogen and oxygen atoms in total. The van der Waals surface area contributed by atoms with Gasteiger partial charge in [-0.25, -0.2) is 14.4 Å². The minimum Gasteiger partial charge on any atom is -0.494 e. The van der Waals surface area contributed by atoms with Crippen molar-refractivity contribution in [1.29, 1.82) is 0 Å². The lowest BCUT2D eigenvalue weighted by Crippen LogP contribution is -2.50. The maximum Gasteiger partial charge on any atom is 0.338 e. The van der Waals surface area contributed by atoms with Crippen molar-refractivity contribution in [2.75, 3.05) is 33.5 Å². The molecule has 6 aromatic rings. The van der Waals surface area contributed by atoms with E-state index in [0.29, 0.717) is 56.7 Å². The third-order valence-corrected chi connectivity index (χ3v) is 20.7. The van der Waals surface area contributed by atoms with Gasteiger partial charge in [0, 0.05) is 12.2 Å². The summed E-state index contributed by atoms with van der Waals surface area (Å²) in [6, 6.07) is 46.8. The molecule has 0 bridgehead atoms. The molecule has 4 fully saturated rings. The first-order valence-corrected chi connectivity index (χ1v) is 35.2. The van der Waals surface area contributed by atoms with E-state index in [2.05, 4.69) is 131 Å². The zero-order valence-electron chi connectivity index (χ0n) is 56.1. The summed E-state index contributed by atoms with van der Waals surface area (Å²) in [5.74, 6) is 6.78. The largest absolute Gasteiger partial charge is 0.494 e. The SMILES string of the molecule is C=CC(=O)OCCCCCCOc1ccc(Cc2ccc(/C=N/N=C/c3ccc(CC4CCC5CCCCC5C4C4C(Cc5ccc(/C=N/N=C/c6ccc(Cc7ccc(OCCCCOC(=O)C=C)cc7)c(C(=O)OC)c6)cc5)CCC5CCCCC54)cc3)cc2C)cc1. The Morgan fingerprint density at radius 1 is 0.442 bits per heavy atom. The molecule has 8 atom stereocenters. The Morgan fingerprint density at radius 3 is 1.32 bits per heavy atom. The monoisotopic (exact) mass is 1280 g/mol. The van der Waals surface area contributed by atoms with Gasteiger partial charge in [-0.05, 0) is 249 Å². The van der Waals surface area contributed by atoms with Gasteiger partial charge in [-0.2, -0.15) is 20.4 Å². The molecule has 0 aromatic heterocycles. The summed E-state index contributed by atoms with van der Waals surface area (Å²) in [7, 11) is 1.40. The molecule has 0 amide bonds. The molecule has 6 aromatic carbocycles. The fourth-order valence-corrected chi connectivity index (χ4v) is 15.9. The molecular weight excluding hydrogens is 1180 g/mol. The lowest BCUT2D eigenvalue weighted by atomic mass is 9.49. The molecule has 498 valence electrons. The van der Waals surface area contributed by atoms with Crippen molar-refractivity contribution in [2.45, 2.75) is 148 Å². The second kappa shape index (κ2) is 36.4. The van der Waals surface area contributed by atoms with Gasteiger partial charge in [0.25, 0.3) is 0 Å². The molecule has 0 aliphatic heterocycles. The quantitative estimate of drug-likeness (QED) is 0.0101. The van der Waals surface area contributed by atoms with Crippen LogP contribution in [-0.4, -0.2) is 76.3 Å². The van der Waals surface area contributed by atoms with Crippen LogP contribution in [0.1, 0.15) is 187 Å². The number of benzene rings is 6. The van der Waals surface area contributed by atoms with Crippen LogP contribution < -0.4 is 9.47 Å². The van der Waals surface area contributed by atoms with Gasteiger partial charge in [-0.1, -0.05) is 155 Å². The molecule has 0 N–H and O–H groups in total. The van der Waals surface area contributed by atoms with Crippen LogP contribution in [0, 0.1) is 54.3 Å². The van der Waals surface area contributed by atoms with Crippen LogP contribution in [-0.2, 0) is 49.5 Å². The first-order valence-electron chi connectivity index (χ1n) is 35.2. The predicted octanol–water partition coefficient (Wildman–Crippen LogP) is 17.9. The maximum atomic E-state index is 13.0. The van der Waals surface area contributed by atoms with Gasteiger partial charge in [-0.3, -0.25) is 0 Å². The maximum absolute atomic E-state index is 13.0. The van der Waals surface area contributed by atoms with Crippen molar-refractivity contribution >= 4 is 42.8 Å². The van der Waals surface area contributed by atoms with E-state index in [1.807, 2.05) is 61.1 Å². The molecule has 10 rings (SSSR count). The lowest BCUT2D eigenvalue weighted by Gasteiger charge is -2.56. The molecule has 8 unspecified atom stereocenters. The van der Waals surface area contributed by atoms with Crippen LogP contribution in [0.5, 0.6) is 11.5 Å². The third kappa shape index (κ3) is 20.7. The number of carbonyl (C=O) groups excluding carboxylic acids is 3. The molecule has 0 radical (unpaired) electrons. The Hall–Kier alpha value is -8.51. The van der Waals surface area contributed by atoms with Crippen LogP contribution >= 0.6 is 0 Å². The van der Waals surface area contributed by atoms with Crippen molar-refractivity contribution in [2.24, 2.45) is 67.7 Å². The molecule has 0 spiro atoms. The van der Waals surface area contributed by atoms with E-state index in [1.165, 1.54) is 118 Å². The normalized spacial score (nSPS) is 21.1. The Kier molecular flexibility index (Phi) is 26.6. The highest BCUT2D eigenvalue weighted by Gasteiger charge is 2.51. The highest BCUT2D eigenvalue weighted by atomic mass is 16.5. The number of esters is 3. The number of carbonyl (C=O) groups is 3. The van der Waals surface area contributed by atoms with Gasteiger partial charge in [0.1, 0.15) is 11.5 Å². The third-order valence-electron chi connectivity index (χ3n) is 20.7. The summed E-state index contributed by atoms with van der Waals surface area (Å²) < 4.78 is 27.1. The number of hydrogen-bond acceptors (Lipinski definition) is 12. The van der Waals surface area contributed by atoms with E-state index < -0.39 is 11.9 Å². The summed E-state index contributed by atoms with van der Waals surface area (Å²) >= 11 is 0. The van der Waals surface area contributed by atoms with Crippen molar-refractivity contribution in [3.05, 3.63) is 226 Å². The van der Waals surface area contributed by atoms with Crippen molar-refractivity contribution in [3.8, 4) is 11.5 Å². The van der Waals surface area contributed by atoms with Crippen molar-refractivity contribution in [3.63, 3.8) is 0 Å². The number of methoxy groups -OCH3 is 1. The van der Waals surface area contributed by atoms with Crippen molar-refractivity contribution in [1.82, 2.24) is 0 Å².